The smallest absolute Gasteiger partial charge is 0.119 e. The van der Waals surface area contributed by atoms with E-state index in [1.54, 1.807) is 7.11 Å². The first-order valence-electron chi connectivity index (χ1n) is 6.89. The van der Waals surface area contributed by atoms with E-state index in [9.17, 15) is 0 Å². The zero-order valence-corrected chi connectivity index (χ0v) is 12.2. The molecule has 0 aliphatic carbocycles. The van der Waals surface area contributed by atoms with Crippen LogP contribution in [-0.4, -0.2) is 27.2 Å². The van der Waals surface area contributed by atoms with Crippen LogP contribution >= 0.6 is 0 Å². The summed E-state index contributed by atoms with van der Waals surface area (Å²) in [6, 6.07) is 18.6. The number of hydrogen-bond donors (Lipinski definition) is 1. The fraction of sp³-hybridized carbons (Fsp3) is 0.294. The van der Waals surface area contributed by atoms with Crippen LogP contribution in [-0.2, 0) is 6.54 Å². The van der Waals surface area contributed by atoms with Crippen molar-refractivity contribution in [1.82, 2.24) is 5.32 Å². The van der Waals surface area contributed by atoms with E-state index in [-0.39, 0.29) is 0 Å². The summed E-state index contributed by atoms with van der Waals surface area (Å²) < 4.78 is 5.17. The van der Waals surface area contributed by atoms with Crippen LogP contribution in [0.25, 0.3) is 0 Å². The average molecular weight is 270 g/mol. The summed E-state index contributed by atoms with van der Waals surface area (Å²) in [7, 11) is 3.79. The summed E-state index contributed by atoms with van der Waals surface area (Å²) in [6.45, 7) is 2.84. The Morgan fingerprint density at radius 1 is 1.00 bits per heavy atom. The quantitative estimate of drug-likeness (QED) is 0.783. The van der Waals surface area contributed by atoms with E-state index in [0.29, 0.717) is 0 Å². The van der Waals surface area contributed by atoms with Gasteiger partial charge in [0, 0.05) is 32.4 Å². The lowest BCUT2D eigenvalue weighted by Crippen LogP contribution is -2.28. The normalized spacial score (nSPS) is 10.3. The highest BCUT2D eigenvalue weighted by atomic mass is 16.5. The van der Waals surface area contributed by atoms with Gasteiger partial charge < -0.3 is 15.0 Å². The molecule has 0 radical (unpaired) electrons. The molecule has 20 heavy (non-hydrogen) atoms. The Balaban J connectivity index is 1.73. The number of likely N-dealkylation sites (N-methyl/N-ethyl adjacent to an activating group) is 1. The molecule has 0 unspecified atom stereocenters. The van der Waals surface area contributed by atoms with Gasteiger partial charge in [-0.05, 0) is 29.8 Å². The van der Waals surface area contributed by atoms with Gasteiger partial charge in [0.2, 0.25) is 0 Å². The summed E-state index contributed by atoms with van der Waals surface area (Å²) in [5, 5.41) is 3.46. The summed E-state index contributed by atoms with van der Waals surface area (Å²) in [6.07, 6.45) is 0. The number of methoxy groups -OCH3 is 1. The Bertz CT molecular complexity index is 496. The molecule has 0 bridgehead atoms. The molecule has 0 atom stereocenters. The number of nitrogens with zero attached hydrogens (tertiary/aromatic N) is 1. The first kappa shape index (κ1) is 14.4. The number of nitrogens with one attached hydrogen (secondary N) is 1. The minimum atomic E-state index is 0.893. The molecule has 0 saturated carbocycles. The summed E-state index contributed by atoms with van der Waals surface area (Å²) in [4.78, 5) is 2.23. The van der Waals surface area contributed by atoms with Crippen molar-refractivity contribution in [2.24, 2.45) is 0 Å². The van der Waals surface area contributed by atoms with Crippen molar-refractivity contribution in [2.75, 3.05) is 32.1 Å². The maximum absolute atomic E-state index is 5.17. The maximum Gasteiger partial charge on any atom is 0.119 e. The van der Waals surface area contributed by atoms with E-state index in [1.165, 1.54) is 11.3 Å². The molecule has 106 valence electrons. The van der Waals surface area contributed by atoms with Gasteiger partial charge in [-0.25, -0.2) is 0 Å². The van der Waals surface area contributed by atoms with Crippen LogP contribution in [0.3, 0.4) is 0 Å². The van der Waals surface area contributed by atoms with Crippen LogP contribution in [0, 0.1) is 0 Å². The zero-order valence-electron chi connectivity index (χ0n) is 12.2. The van der Waals surface area contributed by atoms with Crippen molar-refractivity contribution in [3.05, 3.63) is 60.2 Å². The van der Waals surface area contributed by atoms with Gasteiger partial charge in [0.1, 0.15) is 5.75 Å². The lowest BCUT2D eigenvalue weighted by atomic mass is 10.2. The molecule has 0 heterocycles. The predicted molar refractivity (Wildman–Crippen MR) is 84.4 cm³/mol. The van der Waals surface area contributed by atoms with E-state index in [2.05, 4.69) is 53.7 Å². The molecular formula is C17H22N2O. The van der Waals surface area contributed by atoms with Gasteiger partial charge in [0.15, 0.2) is 0 Å². The van der Waals surface area contributed by atoms with E-state index in [1.807, 2.05) is 18.2 Å². The molecule has 3 nitrogen and oxygen atoms in total. The van der Waals surface area contributed by atoms with Gasteiger partial charge in [-0.3, -0.25) is 0 Å². The zero-order chi connectivity index (χ0) is 14.2. The summed E-state index contributed by atoms with van der Waals surface area (Å²) in [5.41, 5.74) is 2.52. The minimum absolute atomic E-state index is 0.893. The maximum atomic E-state index is 5.17. The van der Waals surface area contributed by atoms with E-state index in [4.69, 9.17) is 4.74 Å². The van der Waals surface area contributed by atoms with Gasteiger partial charge >= 0.3 is 0 Å². The molecule has 2 aromatic rings. The number of anilines is 1. The minimum Gasteiger partial charge on any atom is -0.497 e. The molecule has 2 rings (SSSR count). The highest BCUT2D eigenvalue weighted by Crippen LogP contribution is 2.17. The van der Waals surface area contributed by atoms with Crippen molar-refractivity contribution in [1.29, 1.82) is 0 Å². The van der Waals surface area contributed by atoms with E-state index in [0.717, 1.165) is 25.4 Å². The lowest BCUT2D eigenvalue weighted by molar-refractivity contribution is 0.415. The molecule has 1 N–H and O–H groups in total. The Kier molecular flexibility index (Phi) is 5.44. The van der Waals surface area contributed by atoms with Crippen molar-refractivity contribution in [3.63, 3.8) is 0 Å². The highest BCUT2D eigenvalue weighted by Gasteiger charge is 2.00. The second-order valence-corrected chi connectivity index (χ2v) is 4.78. The van der Waals surface area contributed by atoms with Gasteiger partial charge in [-0.15, -0.1) is 0 Å². The summed E-state index contributed by atoms with van der Waals surface area (Å²) in [5.74, 6) is 0.893. The Morgan fingerprint density at radius 3 is 2.35 bits per heavy atom. The highest BCUT2D eigenvalue weighted by molar-refractivity contribution is 5.48. The first-order valence-corrected chi connectivity index (χ1v) is 6.89. The average Bonchev–Trinajstić information content (AvgIpc) is 2.52. The van der Waals surface area contributed by atoms with Crippen molar-refractivity contribution in [3.8, 4) is 5.75 Å². The van der Waals surface area contributed by atoms with Crippen molar-refractivity contribution < 1.29 is 4.74 Å². The number of hydrogen-bond acceptors (Lipinski definition) is 3. The number of ether oxygens (including phenoxy) is 1. The van der Waals surface area contributed by atoms with Crippen LogP contribution in [0.15, 0.2) is 54.6 Å². The third-order valence-electron chi connectivity index (χ3n) is 3.31. The molecular weight excluding hydrogens is 248 g/mol. The number of benzene rings is 2. The molecule has 0 saturated heterocycles. The van der Waals surface area contributed by atoms with Crippen LogP contribution in [0.2, 0.25) is 0 Å². The van der Waals surface area contributed by atoms with Gasteiger partial charge in [0.05, 0.1) is 7.11 Å². The van der Waals surface area contributed by atoms with Crippen molar-refractivity contribution >= 4 is 5.69 Å². The fourth-order valence-corrected chi connectivity index (χ4v) is 2.04. The molecule has 0 amide bonds. The third-order valence-corrected chi connectivity index (χ3v) is 3.31. The Morgan fingerprint density at radius 2 is 1.70 bits per heavy atom. The standard InChI is InChI=1S/C17H22N2O/c1-19(16-8-10-17(20-2)11-9-16)13-12-18-14-15-6-4-3-5-7-15/h3-11,18H,12-14H2,1-2H3. The Labute approximate surface area is 121 Å². The van der Waals surface area contributed by atoms with Crippen LogP contribution in [0.1, 0.15) is 5.56 Å². The van der Waals surface area contributed by atoms with Crippen LogP contribution in [0.4, 0.5) is 5.69 Å². The molecule has 2 aromatic carbocycles. The fourth-order valence-electron chi connectivity index (χ4n) is 2.04. The predicted octanol–water partition coefficient (Wildman–Crippen LogP) is 2.92. The van der Waals surface area contributed by atoms with Gasteiger partial charge in [-0.2, -0.15) is 0 Å². The van der Waals surface area contributed by atoms with Crippen LogP contribution < -0.4 is 15.0 Å². The molecule has 0 aliphatic rings. The molecule has 0 spiro atoms. The first-order chi connectivity index (χ1) is 9.79. The number of rotatable bonds is 7. The lowest BCUT2D eigenvalue weighted by Gasteiger charge is -2.19. The third kappa shape index (κ3) is 4.28. The van der Waals surface area contributed by atoms with Crippen LogP contribution in [0.5, 0.6) is 5.75 Å². The topological polar surface area (TPSA) is 24.5 Å². The molecule has 3 heteroatoms. The van der Waals surface area contributed by atoms with Gasteiger partial charge in [0.25, 0.3) is 0 Å². The van der Waals surface area contributed by atoms with E-state index >= 15 is 0 Å². The molecule has 0 fully saturated rings. The van der Waals surface area contributed by atoms with Gasteiger partial charge in [-0.1, -0.05) is 30.3 Å². The van der Waals surface area contributed by atoms with Crippen molar-refractivity contribution in [2.45, 2.75) is 6.54 Å². The largest absolute Gasteiger partial charge is 0.497 e. The summed E-state index contributed by atoms with van der Waals surface area (Å²) >= 11 is 0. The molecule has 0 aliphatic heterocycles. The van der Waals surface area contributed by atoms with E-state index < -0.39 is 0 Å². The monoisotopic (exact) mass is 270 g/mol. The second kappa shape index (κ2) is 7.56. The Hall–Kier alpha value is -2.00. The second-order valence-electron chi connectivity index (χ2n) is 4.78. The molecule has 0 aromatic heterocycles. The SMILES string of the molecule is COc1ccc(N(C)CCNCc2ccccc2)cc1.